The molecule has 0 fully saturated rings. The van der Waals surface area contributed by atoms with E-state index in [0.717, 1.165) is 51.4 Å². The predicted octanol–water partition coefficient (Wildman–Crippen LogP) is 12.9. The summed E-state index contributed by atoms with van der Waals surface area (Å²) in [5, 5.41) is 0. The summed E-state index contributed by atoms with van der Waals surface area (Å²) in [6.07, 6.45) is 49.6. The Bertz CT molecular complexity index is 1040. The molecule has 0 aliphatic carbocycles. The number of phosphoric ester groups is 1. The van der Waals surface area contributed by atoms with E-state index in [1.165, 1.54) is 96.3 Å². The lowest BCUT2D eigenvalue weighted by Gasteiger charge is -2.18. The zero-order valence-electron chi connectivity index (χ0n) is 33.6. The number of hydrogen-bond donors (Lipinski definition) is 2. The summed E-state index contributed by atoms with van der Waals surface area (Å²) in [6, 6.07) is 0. The van der Waals surface area contributed by atoms with E-state index in [1.807, 2.05) is 36.5 Å². The van der Waals surface area contributed by atoms with Crippen molar-refractivity contribution in [2.24, 2.45) is 0 Å². The molecule has 0 rings (SSSR count). The van der Waals surface area contributed by atoms with Crippen LogP contribution in [0.2, 0.25) is 0 Å². The molecule has 0 radical (unpaired) electrons. The Morgan fingerprint density at radius 1 is 0.509 bits per heavy atom. The standard InChI is InChI=1S/C44H77O8P/c1-3-5-7-9-11-13-15-17-18-19-20-21-22-23-24-25-27-28-30-32-34-36-38-43(45)50-40-42(41-51-53(47,48)49)52-44(46)39-37-35-33-31-29-26-16-14-12-10-8-6-4-2/h6,8,10,12,14,16,22-23,26,29,42H,3-5,7,9,11,13,15,17-21,24-25,27-28,30-41H2,1-2H3,(H2,47,48,49)/b8-6+,12-10+,16-14+,23-22+,29-26+. The highest BCUT2D eigenvalue weighted by Gasteiger charge is 2.22. The quantitative estimate of drug-likeness (QED) is 0.0210. The molecule has 0 aromatic rings. The van der Waals surface area contributed by atoms with Crippen molar-refractivity contribution in [2.45, 2.75) is 193 Å². The van der Waals surface area contributed by atoms with Gasteiger partial charge in [-0.1, -0.05) is 177 Å². The Hall–Kier alpha value is -2.25. The van der Waals surface area contributed by atoms with Crippen molar-refractivity contribution < 1.29 is 37.9 Å². The van der Waals surface area contributed by atoms with Crippen LogP contribution >= 0.6 is 7.82 Å². The average Bonchev–Trinajstić information content (AvgIpc) is 3.13. The van der Waals surface area contributed by atoms with Crippen LogP contribution in [0, 0.1) is 0 Å². The van der Waals surface area contributed by atoms with E-state index in [0.29, 0.717) is 12.8 Å². The number of unbranched alkanes of at least 4 members (excludes halogenated alkanes) is 21. The van der Waals surface area contributed by atoms with E-state index in [2.05, 4.69) is 42.7 Å². The molecule has 0 aromatic heterocycles. The second-order valence-corrected chi connectivity index (χ2v) is 15.3. The molecule has 1 atom stereocenters. The normalized spacial score (nSPS) is 13.1. The number of carbonyl (C=O) groups is 2. The summed E-state index contributed by atoms with van der Waals surface area (Å²) in [4.78, 5) is 42.8. The number of phosphoric acid groups is 1. The summed E-state index contributed by atoms with van der Waals surface area (Å²) >= 11 is 0. The van der Waals surface area contributed by atoms with Gasteiger partial charge in [0.1, 0.15) is 6.61 Å². The lowest BCUT2D eigenvalue weighted by molar-refractivity contribution is -0.161. The first-order chi connectivity index (χ1) is 25.8. The average molecular weight is 765 g/mol. The van der Waals surface area contributed by atoms with Crippen LogP contribution < -0.4 is 0 Å². The number of ether oxygens (including phenoxy) is 2. The summed E-state index contributed by atoms with van der Waals surface area (Å²) in [5.41, 5.74) is 0. The second-order valence-electron chi connectivity index (χ2n) is 14.0. The van der Waals surface area contributed by atoms with Crippen LogP contribution in [0.15, 0.2) is 60.8 Å². The van der Waals surface area contributed by atoms with E-state index in [9.17, 15) is 14.2 Å². The highest BCUT2D eigenvalue weighted by atomic mass is 31.2. The smallest absolute Gasteiger partial charge is 0.462 e. The lowest BCUT2D eigenvalue weighted by atomic mass is 10.0. The van der Waals surface area contributed by atoms with E-state index >= 15 is 0 Å². The van der Waals surface area contributed by atoms with Crippen LogP contribution in [0.3, 0.4) is 0 Å². The van der Waals surface area contributed by atoms with Gasteiger partial charge in [-0.25, -0.2) is 4.57 Å². The summed E-state index contributed by atoms with van der Waals surface area (Å²) in [5.74, 6) is -0.937. The van der Waals surface area contributed by atoms with E-state index in [4.69, 9.17) is 19.3 Å². The fraction of sp³-hybridized carbons (Fsp3) is 0.727. The molecule has 8 nitrogen and oxygen atoms in total. The van der Waals surface area contributed by atoms with Crippen LogP contribution in [-0.4, -0.2) is 41.0 Å². The van der Waals surface area contributed by atoms with E-state index in [1.54, 1.807) is 0 Å². The molecule has 0 aliphatic heterocycles. The molecule has 306 valence electrons. The minimum Gasteiger partial charge on any atom is -0.462 e. The van der Waals surface area contributed by atoms with Crippen molar-refractivity contribution in [3.63, 3.8) is 0 Å². The van der Waals surface area contributed by atoms with E-state index in [-0.39, 0.29) is 19.4 Å². The number of carbonyl (C=O) groups excluding carboxylic acids is 2. The first-order valence-corrected chi connectivity index (χ1v) is 22.7. The SMILES string of the molecule is CC/C=C/C=C/C=C/C=C/CCCCCC(=O)OC(COC(=O)CCCCCCCCC/C=C/CCCCCCCCCCCCC)COP(=O)(O)O. The Morgan fingerprint density at radius 2 is 0.925 bits per heavy atom. The van der Waals surface area contributed by atoms with Gasteiger partial charge in [-0.05, 0) is 57.8 Å². The highest BCUT2D eigenvalue weighted by molar-refractivity contribution is 7.46. The van der Waals surface area contributed by atoms with Crippen LogP contribution in [-0.2, 0) is 28.2 Å². The van der Waals surface area contributed by atoms with Crippen LogP contribution in [0.1, 0.15) is 187 Å². The molecule has 0 bridgehead atoms. The summed E-state index contributed by atoms with van der Waals surface area (Å²) in [7, 11) is -4.77. The molecule has 0 spiro atoms. The van der Waals surface area contributed by atoms with Gasteiger partial charge in [0.05, 0.1) is 6.61 Å². The third-order valence-electron chi connectivity index (χ3n) is 8.86. The van der Waals surface area contributed by atoms with Gasteiger partial charge in [0, 0.05) is 12.8 Å². The minimum absolute atomic E-state index is 0.163. The number of hydrogen-bond acceptors (Lipinski definition) is 6. The largest absolute Gasteiger partial charge is 0.469 e. The monoisotopic (exact) mass is 765 g/mol. The molecule has 2 N–H and O–H groups in total. The van der Waals surface area contributed by atoms with Crippen LogP contribution in [0.25, 0.3) is 0 Å². The highest BCUT2D eigenvalue weighted by Crippen LogP contribution is 2.36. The molecule has 9 heteroatoms. The van der Waals surface area contributed by atoms with Crippen molar-refractivity contribution in [3.05, 3.63) is 60.8 Å². The van der Waals surface area contributed by atoms with Crippen molar-refractivity contribution in [1.82, 2.24) is 0 Å². The first kappa shape index (κ1) is 50.8. The maximum Gasteiger partial charge on any atom is 0.469 e. The third-order valence-corrected chi connectivity index (χ3v) is 9.35. The van der Waals surface area contributed by atoms with Gasteiger partial charge in [0.2, 0.25) is 0 Å². The molecular weight excluding hydrogens is 687 g/mol. The molecular formula is C44H77O8P. The molecule has 0 aromatic carbocycles. The predicted molar refractivity (Wildman–Crippen MR) is 221 cm³/mol. The number of allylic oxidation sites excluding steroid dienone is 10. The Balaban J connectivity index is 3.91. The topological polar surface area (TPSA) is 119 Å². The fourth-order valence-corrected chi connectivity index (χ4v) is 6.09. The van der Waals surface area contributed by atoms with Gasteiger partial charge in [-0.15, -0.1) is 0 Å². The molecule has 0 saturated carbocycles. The number of esters is 2. The van der Waals surface area contributed by atoms with Gasteiger partial charge < -0.3 is 19.3 Å². The minimum atomic E-state index is -4.77. The fourth-order valence-electron chi connectivity index (χ4n) is 5.73. The summed E-state index contributed by atoms with van der Waals surface area (Å²) in [6.45, 7) is 3.51. The lowest BCUT2D eigenvalue weighted by Crippen LogP contribution is -2.29. The first-order valence-electron chi connectivity index (χ1n) is 21.1. The zero-order chi connectivity index (χ0) is 38.9. The second kappa shape index (κ2) is 39.4. The van der Waals surface area contributed by atoms with E-state index < -0.39 is 32.5 Å². The Kier molecular flexibility index (Phi) is 37.8. The van der Waals surface area contributed by atoms with Crippen molar-refractivity contribution >= 4 is 19.8 Å². The molecule has 0 heterocycles. The Morgan fingerprint density at radius 3 is 1.43 bits per heavy atom. The molecule has 53 heavy (non-hydrogen) atoms. The molecule has 0 saturated heterocycles. The van der Waals surface area contributed by atoms with Crippen molar-refractivity contribution in [1.29, 1.82) is 0 Å². The van der Waals surface area contributed by atoms with Gasteiger partial charge in [0.15, 0.2) is 6.10 Å². The maximum atomic E-state index is 12.4. The van der Waals surface area contributed by atoms with Crippen molar-refractivity contribution in [2.75, 3.05) is 13.2 Å². The molecule has 0 aliphatic rings. The van der Waals surface area contributed by atoms with Crippen LogP contribution in [0.5, 0.6) is 0 Å². The van der Waals surface area contributed by atoms with Gasteiger partial charge in [0.25, 0.3) is 0 Å². The maximum absolute atomic E-state index is 12.4. The third kappa shape index (κ3) is 42.4. The van der Waals surface area contributed by atoms with Crippen LogP contribution in [0.4, 0.5) is 0 Å². The number of rotatable bonds is 38. The Labute approximate surface area is 324 Å². The van der Waals surface area contributed by atoms with Gasteiger partial charge in [-0.3, -0.25) is 14.1 Å². The van der Waals surface area contributed by atoms with Gasteiger partial charge >= 0.3 is 19.8 Å². The summed E-state index contributed by atoms with van der Waals surface area (Å²) < 4.78 is 26.3. The van der Waals surface area contributed by atoms with Crippen molar-refractivity contribution in [3.8, 4) is 0 Å². The zero-order valence-corrected chi connectivity index (χ0v) is 34.5. The molecule has 1 unspecified atom stereocenters. The van der Waals surface area contributed by atoms with Gasteiger partial charge in [-0.2, -0.15) is 0 Å². The molecule has 0 amide bonds.